The van der Waals surface area contributed by atoms with Crippen molar-refractivity contribution in [3.63, 3.8) is 0 Å². The Bertz CT molecular complexity index is 324. The van der Waals surface area contributed by atoms with Crippen LogP contribution < -0.4 is 5.32 Å². The van der Waals surface area contributed by atoms with Crippen molar-refractivity contribution in [2.75, 3.05) is 26.7 Å². The van der Waals surface area contributed by atoms with Crippen LogP contribution in [-0.4, -0.2) is 31.6 Å². The van der Waals surface area contributed by atoms with Gasteiger partial charge >= 0.3 is 0 Å². The smallest absolute Gasteiger partial charge is 0.0329 e. The lowest BCUT2D eigenvalue weighted by Gasteiger charge is -2.23. The SMILES string of the molecule is CCCN(CC)CCC(NC)c1ccc(Br)cc1. The zero-order valence-corrected chi connectivity index (χ0v) is 13.3. The molecule has 0 spiro atoms. The fourth-order valence-electron chi connectivity index (χ4n) is 2.23. The molecule has 2 nitrogen and oxygen atoms in total. The van der Waals surface area contributed by atoms with Gasteiger partial charge < -0.3 is 10.2 Å². The molecule has 0 aliphatic heterocycles. The molecule has 1 aromatic carbocycles. The highest BCUT2D eigenvalue weighted by Gasteiger charge is 2.10. The zero-order valence-electron chi connectivity index (χ0n) is 11.7. The number of hydrogen-bond donors (Lipinski definition) is 1. The van der Waals surface area contributed by atoms with Gasteiger partial charge in [-0.15, -0.1) is 0 Å². The molecule has 0 bridgehead atoms. The van der Waals surface area contributed by atoms with Crippen molar-refractivity contribution in [1.29, 1.82) is 0 Å². The molecule has 102 valence electrons. The molecule has 0 radical (unpaired) electrons. The van der Waals surface area contributed by atoms with Crippen LogP contribution in [0, 0.1) is 0 Å². The molecule has 1 N–H and O–H groups in total. The third-order valence-corrected chi connectivity index (χ3v) is 3.87. The van der Waals surface area contributed by atoms with Crippen LogP contribution in [-0.2, 0) is 0 Å². The van der Waals surface area contributed by atoms with Gasteiger partial charge in [-0.3, -0.25) is 0 Å². The molecule has 0 heterocycles. The normalized spacial score (nSPS) is 12.9. The second-order valence-electron chi connectivity index (χ2n) is 4.62. The number of halogens is 1. The van der Waals surface area contributed by atoms with Crippen LogP contribution in [0.1, 0.15) is 38.3 Å². The standard InChI is InChI=1S/C15H25BrN2/c1-4-11-18(5-2)12-10-15(17-3)13-6-8-14(16)9-7-13/h6-9,15,17H,4-5,10-12H2,1-3H3. The monoisotopic (exact) mass is 312 g/mol. The fourth-order valence-corrected chi connectivity index (χ4v) is 2.49. The number of rotatable bonds is 8. The summed E-state index contributed by atoms with van der Waals surface area (Å²) in [6, 6.07) is 9.07. The average molecular weight is 313 g/mol. The van der Waals surface area contributed by atoms with Crippen molar-refractivity contribution in [2.24, 2.45) is 0 Å². The lowest BCUT2D eigenvalue weighted by molar-refractivity contribution is 0.271. The van der Waals surface area contributed by atoms with Crippen molar-refractivity contribution in [3.8, 4) is 0 Å². The second-order valence-corrected chi connectivity index (χ2v) is 5.53. The Kier molecular flexibility index (Phi) is 7.56. The van der Waals surface area contributed by atoms with Crippen LogP contribution in [0.25, 0.3) is 0 Å². The minimum atomic E-state index is 0.448. The lowest BCUT2D eigenvalue weighted by atomic mass is 10.0. The summed E-state index contributed by atoms with van der Waals surface area (Å²) in [5.41, 5.74) is 1.37. The number of benzene rings is 1. The highest BCUT2D eigenvalue weighted by Crippen LogP contribution is 2.19. The molecule has 0 fully saturated rings. The van der Waals surface area contributed by atoms with E-state index >= 15 is 0 Å². The summed E-state index contributed by atoms with van der Waals surface area (Å²) in [7, 11) is 2.04. The summed E-state index contributed by atoms with van der Waals surface area (Å²) < 4.78 is 1.14. The predicted octanol–water partition coefficient (Wildman–Crippen LogP) is 3.83. The van der Waals surface area contributed by atoms with Gasteiger partial charge in [-0.05, 0) is 57.2 Å². The van der Waals surface area contributed by atoms with Crippen LogP contribution in [0.15, 0.2) is 28.7 Å². The van der Waals surface area contributed by atoms with Crippen molar-refractivity contribution < 1.29 is 0 Å². The summed E-state index contributed by atoms with van der Waals surface area (Å²) in [6.07, 6.45) is 2.39. The first-order valence-corrected chi connectivity index (χ1v) is 7.65. The van der Waals surface area contributed by atoms with Gasteiger partial charge in [0.05, 0.1) is 0 Å². The van der Waals surface area contributed by atoms with E-state index in [0.29, 0.717) is 6.04 Å². The van der Waals surface area contributed by atoms with E-state index in [-0.39, 0.29) is 0 Å². The molecule has 1 rings (SSSR count). The third-order valence-electron chi connectivity index (χ3n) is 3.34. The molecule has 3 heteroatoms. The molecule has 0 aliphatic carbocycles. The van der Waals surface area contributed by atoms with E-state index in [9.17, 15) is 0 Å². The van der Waals surface area contributed by atoms with Crippen molar-refractivity contribution in [2.45, 2.75) is 32.7 Å². The molecule has 0 aromatic heterocycles. The molecular weight excluding hydrogens is 288 g/mol. The van der Waals surface area contributed by atoms with Gasteiger partial charge in [-0.2, -0.15) is 0 Å². The van der Waals surface area contributed by atoms with E-state index in [4.69, 9.17) is 0 Å². The lowest BCUT2D eigenvalue weighted by Crippen LogP contribution is -2.29. The number of nitrogens with one attached hydrogen (secondary N) is 1. The molecule has 1 aromatic rings. The van der Waals surface area contributed by atoms with Crippen LogP contribution in [0.5, 0.6) is 0 Å². The molecule has 0 saturated carbocycles. The predicted molar refractivity (Wildman–Crippen MR) is 83.0 cm³/mol. The van der Waals surface area contributed by atoms with E-state index in [0.717, 1.165) is 24.0 Å². The van der Waals surface area contributed by atoms with Crippen LogP contribution >= 0.6 is 15.9 Å². The average Bonchev–Trinajstić information content (AvgIpc) is 2.40. The minimum Gasteiger partial charge on any atom is -0.313 e. The van der Waals surface area contributed by atoms with Crippen molar-refractivity contribution in [3.05, 3.63) is 34.3 Å². The Morgan fingerprint density at radius 2 is 1.83 bits per heavy atom. The van der Waals surface area contributed by atoms with Crippen LogP contribution in [0.4, 0.5) is 0 Å². The van der Waals surface area contributed by atoms with Crippen molar-refractivity contribution in [1.82, 2.24) is 10.2 Å². The first-order chi connectivity index (χ1) is 8.71. The van der Waals surface area contributed by atoms with E-state index in [1.165, 1.54) is 18.5 Å². The Morgan fingerprint density at radius 1 is 1.17 bits per heavy atom. The third kappa shape index (κ3) is 5.09. The summed E-state index contributed by atoms with van der Waals surface area (Å²) >= 11 is 3.48. The van der Waals surface area contributed by atoms with Crippen molar-refractivity contribution >= 4 is 15.9 Å². The van der Waals surface area contributed by atoms with E-state index in [1.54, 1.807) is 0 Å². The molecule has 0 amide bonds. The molecule has 0 saturated heterocycles. The Hall–Kier alpha value is -0.380. The largest absolute Gasteiger partial charge is 0.313 e. The van der Waals surface area contributed by atoms with Gasteiger partial charge in [0, 0.05) is 10.5 Å². The first-order valence-electron chi connectivity index (χ1n) is 6.86. The van der Waals surface area contributed by atoms with Gasteiger partial charge in [0.25, 0.3) is 0 Å². The van der Waals surface area contributed by atoms with Crippen LogP contribution in [0.3, 0.4) is 0 Å². The maximum atomic E-state index is 3.48. The summed E-state index contributed by atoms with van der Waals surface area (Å²) in [5, 5.41) is 3.42. The van der Waals surface area contributed by atoms with Gasteiger partial charge in [-0.1, -0.05) is 41.9 Å². The van der Waals surface area contributed by atoms with Gasteiger partial charge in [0.1, 0.15) is 0 Å². The topological polar surface area (TPSA) is 15.3 Å². The van der Waals surface area contributed by atoms with E-state index < -0.39 is 0 Å². The Morgan fingerprint density at radius 3 is 2.33 bits per heavy atom. The van der Waals surface area contributed by atoms with Crippen LogP contribution in [0.2, 0.25) is 0 Å². The number of hydrogen-bond acceptors (Lipinski definition) is 2. The van der Waals surface area contributed by atoms with Gasteiger partial charge in [-0.25, -0.2) is 0 Å². The molecular formula is C15H25BrN2. The fraction of sp³-hybridized carbons (Fsp3) is 0.600. The van der Waals surface area contributed by atoms with Gasteiger partial charge in [0.15, 0.2) is 0 Å². The van der Waals surface area contributed by atoms with Gasteiger partial charge in [0.2, 0.25) is 0 Å². The molecule has 0 aliphatic rings. The second kappa shape index (κ2) is 8.68. The maximum Gasteiger partial charge on any atom is 0.0329 e. The minimum absolute atomic E-state index is 0.448. The highest BCUT2D eigenvalue weighted by molar-refractivity contribution is 9.10. The molecule has 18 heavy (non-hydrogen) atoms. The summed E-state index contributed by atoms with van der Waals surface area (Å²) in [6.45, 7) is 7.99. The number of nitrogens with zero attached hydrogens (tertiary/aromatic N) is 1. The highest BCUT2D eigenvalue weighted by atomic mass is 79.9. The van der Waals surface area contributed by atoms with E-state index in [1.807, 2.05) is 7.05 Å². The first kappa shape index (κ1) is 15.7. The maximum absolute atomic E-state index is 3.48. The Labute approximate surface area is 120 Å². The Balaban J connectivity index is 2.53. The molecule has 1 atom stereocenters. The summed E-state index contributed by atoms with van der Waals surface area (Å²) in [5.74, 6) is 0. The molecule has 1 unspecified atom stereocenters. The summed E-state index contributed by atoms with van der Waals surface area (Å²) in [4.78, 5) is 2.52. The van der Waals surface area contributed by atoms with E-state index in [2.05, 4.69) is 64.3 Å². The quantitative estimate of drug-likeness (QED) is 0.784. The zero-order chi connectivity index (χ0) is 13.4.